The quantitative estimate of drug-likeness (QED) is 0.807. The predicted octanol–water partition coefficient (Wildman–Crippen LogP) is 2.03. The van der Waals surface area contributed by atoms with Gasteiger partial charge in [-0.05, 0) is 25.8 Å². The molecule has 1 fully saturated rings. The number of amides is 1. The van der Waals surface area contributed by atoms with Gasteiger partial charge < -0.3 is 14.2 Å². The lowest BCUT2D eigenvalue weighted by atomic mass is 10.1. The van der Waals surface area contributed by atoms with Crippen molar-refractivity contribution in [2.75, 3.05) is 26.7 Å². The summed E-state index contributed by atoms with van der Waals surface area (Å²) in [5.74, 6) is 1.91. The molecule has 4 heterocycles. The van der Waals surface area contributed by atoms with E-state index in [-0.39, 0.29) is 11.9 Å². The van der Waals surface area contributed by atoms with Gasteiger partial charge in [-0.3, -0.25) is 9.69 Å². The van der Waals surface area contributed by atoms with Crippen LogP contribution in [0, 0.1) is 0 Å². The minimum atomic E-state index is 0.180. The van der Waals surface area contributed by atoms with Crippen LogP contribution in [-0.4, -0.2) is 57.0 Å². The second kappa shape index (κ2) is 7.68. The lowest BCUT2D eigenvalue weighted by molar-refractivity contribution is -0.129. The third kappa shape index (κ3) is 3.69. The van der Waals surface area contributed by atoms with Crippen molar-refractivity contribution in [2.45, 2.75) is 45.3 Å². The zero-order valence-electron chi connectivity index (χ0n) is 16.1. The molecule has 144 valence electrons. The van der Waals surface area contributed by atoms with Crippen molar-refractivity contribution < 1.29 is 9.53 Å². The van der Waals surface area contributed by atoms with E-state index in [4.69, 9.17) is 9.72 Å². The minimum absolute atomic E-state index is 0.180. The van der Waals surface area contributed by atoms with Crippen LogP contribution in [0.5, 0.6) is 5.88 Å². The molecule has 2 aliphatic heterocycles. The van der Waals surface area contributed by atoms with E-state index >= 15 is 0 Å². The number of methoxy groups -OCH3 is 1. The summed E-state index contributed by atoms with van der Waals surface area (Å²) in [6.07, 6.45) is 6.45. The molecule has 7 nitrogen and oxygen atoms in total. The largest absolute Gasteiger partial charge is 0.481 e. The summed E-state index contributed by atoms with van der Waals surface area (Å²) in [5.41, 5.74) is 1.96. The van der Waals surface area contributed by atoms with Crippen LogP contribution < -0.4 is 4.74 Å². The molecule has 0 radical (unpaired) electrons. The van der Waals surface area contributed by atoms with Crippen LogP contribution in [0.15, 0.2) is 24.5 Å². The van der Waals surface area contributed by atoms with Gasteiger partial charge in [0.05, 0.1) is 25.3 Å². The second-order valence-corrected chi connectivity index (χ2v) is 7.37. The molecular weight excluding hydrogens is 342 g/mol. The highest BCUT2D eigenvalue weighted by Gasteiger charge is 2.28. The highest BCUT2D eigenvalue weighted by atomic mass is 16.5. The van der Waals surface area contributed by atoms with E-state index in [1.165, 1.54) is 0 Å². The first-order chi connectivity index (χ1) is 13.2. The number of ether oxygens (including phenoxy) is 1. The summed E-state index contributed by atoms with van der Waals surface area (Å²) < 4.78 is 7.59. The van der Waals surface area contributed by atoms with Crippen LogP contribution >= 0.6 is 0 Å². The molecule has 0 aliphatic carbocycles. The first kappa shape index (κ1) is 18.0. The van der Waals surface area contributed by atoms with Gasteiger partial charge in [-0.25, -0.2) is 9.97 Å². The van der Waals surface area contributed by atoms with E-state index in [9.17, 15) is 4.79 Å². The maximum atomic E-state index is 12.4. The average Bonchev–Trinajstić information content (AvgIpc) is 3.34. The first-order valence-electron chi connectivity index (χ1n) is 9.71. The minimum Gasteiger partial charge on any atom is -0.481 e. The Hall–Kier alpha value is -2.41. The highest BCUT2D eigenvalue weighted by molar-refractivity contribution is 5.78. The smallest absolute Gasteiger partial charge is 0.228 e. The number of pyridine rings is 1. The summed E-state index contributed by atoms with van der Waals surface area (Å²) in [6, 6.07) is 4.18. The van der Waals surface area contributed by atoms with E-state index in [1.807, 2.05) is 11.0 Å². The SMILES string of the molecule is COc1ncccc1CN1CCn2cc(CC(=O)N3CCCC3)nc2[C@H]1C. The van der Waals surface area contributed by atoms with E-state index in [1.54, 1.807) is 13.3 Å². The summed E-state index contributed by atoms with van der Waals surface area (Å²) in [5, 5.41) is 0. The van der Waals surface area contributed by atoms with Gasteiger partial charge in [0.1, 0.15) is 5.82 Å². The van der Waals surface area contributed by atoms with Gasteiger partial charge in [-0.1, -0.05) is 6.07 Å². The van der Waals surface area contributed by atoms with Gasteiger partial charge >= 0.3 is 0 Å². The van der Waals surface area contributed by atoms with Gasteiger partial charge in [-0.15, -0.1) is 0 Å². The Balaban J connectivity index is 1.46. The maximum absolute atomic E-state index is 12.4. The molecule has 7 heteroatoms. The average molecular weight is 369 g/mol. The standard InChI is InChI=1S/C20H27N5O2/c1-15-19-22-17(12-18(26)23-8-3-4-9-23)14-25(19)11-10-24(15)13-16-6-5-7-21-20(16)27-2/h5-7,14-15H,3-4,8-13H2,1-2H3/t15-/m1/s1. The van der Waals surface area contributed by atoms with Crippen LogP contribution in [0.2, 0.25) is 0 Å². The van der Waals surface area contributed by atoms with Gasteiger partial charge in [-0.2, -0.15) is 0 Å². The van der Waals surface area contributed by atoms with Crippen molar-refractivity contribution in [2.24, 2.45) is 0 Å². The van der Waals surface area contributed by atoms with Gasteiger partial charge in [0.2, 0.25) is 11.8 Å². The Morgan fingerprint density at radius 2 is 2.07 bits per heavy atom. The lowest BCUT2D eigenvalue weighted by Crippen LogP contribution is -2.36. The number of rotatable bonds is 5. The molecule has 2 aromatic heterocycles. The highest BCUT2D eigenvalue weighted by Crippen LogP contribution is 2.28. The summed E-state index contributed by atoms with van der Waals surface area (Å²) in [4.78, 5) is 25.9. The second-order valence-electron chi connectivity index (χ2n) is 7.37. The Bertz CT molecular complexity index is 812. The van der Waals surface area contributed by atoms with Crippen LogP contribution in [0.1, 0.15) is 42.9 Å². The zero-order chi connectivity index (χ0) is 18.8. The number of hydrogen-bond donors (Lipinski definition) is 0. The van der Waals surface area contributed by atoms with Crippen molar-refractivity contribution in [3.8, 4) is 5.88 Å². The molecule has 0 saturated carbocycles. The fourth-order valence-corrected chi connectivity index (χ4v) is 4.07. The maximum Gasteiger partial charge on any atom is 0.228 e. The number of aromatic nitrogens is 3. The zero-order valence-corrected chi connectivity index (χ0v) is 16.1. The molecule has 2 aromatic rings. The number of carbonyl (C=O) groups is 1. The molecular formula is C20H27N5O2. The Kier molecular flexibility index (Phi) is 5.11. The summed E-state index contributed by atoms with van der Waals surface area (Å²) in [7, 11) is 1.65. The first-order valence-corrected chi connectivity index (χ1v) is 9.71. The monoisotopic (exact) mass is 369 g/mol. The number of imidazole rings is 1. The molecule has 0 unspecified atom stereocenters. The lowest BCUT2D eigenvalue weighted by Gasteiger charge is -2.33. The molecule has 0 bridgehead atoms. The number of carbonyl (C=O) groups excluding carboxylic acids is 1. The number of nitrogens with zero attached hydrogens (tertiary/aromatic N) is 5. The number of likely N-dealkylation sites (tertiary alicyclic amines) is 1. The van der Waals surface area contributed by atoms with E-state index < -0.39 is 0 Å². The van der Waals surface area contributed by atoms with Crippen molar-refractivity contribution in [1.82, 2.24) is 24.3 Å². The van der Waals surface area contributed by atoms with Crippen molar-refractivity contribution in [1.29, 1.82) is 0 Å². The molecule has 0 aromatic carbocycles. The van der Waals surface area contributed by atoms with Gasteiger partial charge in [0.15, 0.2) is 0 Å². The Morgan fingerprint density at radius 3 is 2.85 bits per heavy atom. The van der Waals surface area contributed by atoms with E-state index in [2.05, 4.69) is 33.6 Å². The number of fused-ring (bicyclic) bond motifs is 1. The fourth-order valence-electron chi connectivity index (χ4n) is 4.07. The summed E-state index contributed by atoms with van der Waals surface area (Å²) >= 11 is 0. The molecule has 0 spiro atoms. The van der Waals surface area contributed by atoms with E-state index in [0.717, 1.165) is 62.6 Å². The third-order valence-corrected chi connectivity index (χ3v) is 5.61. The van der Waals surface area contributed by atoms with Crippen LogP contribution in [0.25, 0.3) is 0 Å². The van der Waals surface area contributed by atoms with Gasteiger partial charge in [0.25, 0.3) is 0 Å². The number of hydrogen-bond acceptors (Lipinski definition) is 5. The van der Waals surface area contributed by atoms with Crippen LogP contribution in [-0.2, 0) is 24.3 Å². The summed E-state index contributed by atoms with van der Waals surface area (Å²) in [6.45, 7) is 6.54. The normalized spacial score (nSPS) is 19.9. The molecule has 0 N–H and O–H groups in total. The van der Waals surface area contributed by atoms with Crippen molar-refractivity contribution in [3.63, 3.8) is 0 Å². The Morgan fingerprint density at radius 1 is 1.26 bits per heavy atom. The van der Waals surface area contributed by atoms with Crippen molar-refractivity contribution in [3.05, 3.63) is 41.6 Å². The fraction of sp³-hybridized carbons (Fsp3) is 0.550. The predicted molar refractivity (Wildman–Crippen MR) is 101 cm³/mol. The molecule has 4 rings (SSSR count). The third-order valence-electron chi connectivity index (χ3n) is 5.61. The topological polar surface area (TPSA) is 63.5 Å². The molecule has 1 saturated heterocycles. The molecule has 1 amide bonds. The molecule has 27 heavy (non-hydrogen) atoms. The van der Waals surface area contributed by atoms with E-state index in [0.29, 0.717) is 12.3 Å². The Labute approximate surface area is 160 Å². The molecule has 2 aliphatic rings. The molecule has 1 atom stereocenters. The van der Waals surface area contributed by atoms with Crippen LogP contribution in [0.4, 0.5) is 0 Å². The van der Waals surface area contributed by atoms with Crippen molar-refractivity contribution >= 4 is 5.91 Å². The van der Waals surface area contributed by atoms with Gasteiger partial charge in [0, 0.05) is 50.7 Å². The van der Waals surface area contributed by atoms with Crippen LogP contribution in [0.3, 0.4) is 0 Å².